The molecule has 11 heavy (non-hydrogen) atoms. The summed E-state index contributed by atoms with van der Waals surface area (Å²) in [6.07, 6.45) is 0.916. The van der Waals surface area contributed by atoms with Crippen LogP contribution in [0.3, 0.4) is 0 Å². The molecule has 1 N–H and O–H groups in total. The number of esters is 1. The van der Waals surface area contributed by atoms with Gasteiger partial charge in [-0.1, -0.05) is 6.58 Å². The molecule has 62 valence electrons. The predicted octanol–water partition coefficient (Wildman–Crippen LogP) is 0.468. The molecule has 3 heteroatoms. The van der Waals surface area contributed by atoms with Gasteiger partial charge >= 0.3 is 5.97 Å². The SMILES string of the molecule is C=C(C)C(=O)OCCC1CN1. The van der Waals surface area contributed by atoms with E-state index in [0.717, 1.165) is 13.0 Å². The summed E-state index contributed by atoms with van der Waals surface area (Å²) in [6.45, 7) is 6.69. The third-order valence-electron chi connectivity index (χ3n) is 1.54. The fourth-order valence-electron chi connectivity index (χ4n) is 0.705. The largest absolute Gasteiger partial charge is 0.462 e. The van der Waals surface area contributed by atoms with Gasteiger partial charge in [0.15, 0.2) is 0 Å². The molecule has 3 nitrogen and oxygen atoms in total. The van der Waals surface area contributed by atoms with E-state index in [1.165, 1.54) is 0 Å². The Morgan fingerprint density at radius 2 is 2.45 bits per heavy atom. The summed E-state index contributed by atoms with van der Waals surface area (Å²) in [5, 5.41) is 3.12. The molecule has 1 aliphatic rings. The lowest BCUT2D eigenvalue weighted by Crippen LogP contribution is -2.08. The van der Waals surface area contributed by atoms with Gasteiger partial charge in [0.1, 0.15) is 0 Å². The Balaban J connectivity index is 2.01. The summed E-state index contributed by atoms with van der Waals surface area (Å²) < 4.78 is 4.88. The second-order valence-electron chi connectivity index (χ2n) is 2.81. The number of ether oxygens (including phenoxy) is 1. The van der Waals surface area contributed by atoms with Gasteiger partial charge < -0.3 is 10.1 Å². The molecule has 0 aromatic rings. The maximum absolute atomic E-state index is 10.8. The van der Waals surface area contributed by atoms with Crippen LogP contribution < -0.4 is 5.32 Å². The van der Waals surface area contributed by atoms with Crippen molar-refractivity contribution in [1.82, 2.24) is 5.32 Å². The van der Waals surface area contributed by atoms with E-state index in [1.807, 2.05) is 0 Å². The summed E-state index contributed by atoms with van der Waals surface area (Å²) in [7, 11) is 0. The van der Waals surface area contributed by atoms with Crippen LogP contribution in [0.15, 0.2) is 12.2 Å². The summed E-state index contributed by atoms with van der Waals surface area (Å²) in [5.74, 6) is -0.286. The predicted molar refractivity (Wildman–Crippen MR) is 42.2 cm³/mol. The highest BCUT2D eigenvalue weighted by Crippen LogP contribution is 2.03. The van der Waals surface area contributed by atoms with Crippen LogP contribution in [0.4, 0.5) is 0 Å². The molecule has 1 heterocycles. The molecule has 1 atom stereocenters. The van der Waals surface area contributed by atoms with E-state index in [4.69, 9.17) is 4.74 Å². The molecule has 1 fully saturated rings. The minimum Gasteiger partial charge on any atom is -0.462 e. The van der Waals surface area contributed by atoms with Crippen LogP contribution in [0.1, 0.15) is 13.3 Å². The molecule has 0 bridgehead atoms. The van der Waals surface area contributed by atoms with Gasteiger partial charge in [0, 0.05) is 18.2 Å². The molecule has 0 aromatic heterocycles. The lowest BCUT2D eigenvalue weighted by molar-refractivity contribution is -0.139. The van der Waals surface area contributed by atoms with Crippen LogP contribution in [0, 0.1) is 0 Å². The molecule has 0 amide bonds. The van der Waals surface area contributed by atoms with E-state index in [9.17, 15) is 4.79 Å². The number of rotatable bonds is 4. The maximum atomic E-state index is 10.8. The van der Waals surface area contributed by atoms with Crippen molar-refractivity contribution in [3.8, 4) is 0 Å². The van der Waals surface area contributed by atoms with Gasteiger partial charge in [-0.25, -0.2) is 4.79 Å². The average molecular weight is 155 g/mol. The number of carbonyl (C=O) groups excluding carboxylic acids is 1. The molecule has 0 radical (unpaired) electrons. The zero-order valence-corrected chi connectivity index (χ0v) is 6.72. The summed E-state index contributed by atoms with van der Waals surface area (Å²) in [6, 6.07) is 0.577. The fraction of sp³-hybridized carbons (Fsp3) is 0.625. The third kappa shape index (κ3) is 3.18. The van der Waals surface area contributed by atoms with Crippen LogP contribution in [-0.2, 0) is 9.53 Å². The van der Waals surface area contributed by atoms with E-state index in [0.29, 0.717) is 18.2 Å². The number of hydrogen-bond donors (Lipinski definition) is 1. The highest BCUT2D eigenvalue weighted by molar-refractivity contribution is 5.86. The zero-order chi connectivity index (χ0) is 8.27. The van der Waals surface area contributed by atoms with Crippen molar-refractivity contribution >= 4 is 5.97 Å². The summed E-state index contributed by atoms with van der Waals surface area (Å²) in [5.41, 5.74) is 0.466. The standard InChI is InChI=1S/C8H13NO2/c1-6(2)8(10)11-4-3-7-5-9-7/h7,9H,1,3-5H2,2H3. The molecule has 1 saturated heterocycles. The highest BCUT2D eigenvalue weighted by atomic mass is 16.5. The van der Waals surface area contributed by atoms with E-state index >= 15 is 0 Å². The molecule has 0 saturated carbocycles. The second-order valence-corrected chi connectivity index (χ2v) is 2.81. The van der Waals surface area contributed by atoms with Crippen LogP contribution in [0.5, 0.6) is 0 Å². The lowest BCUT2D eigenvalue weighted by atomic mass is 10.3. The van der Waals surface area contributed by atoms with E-state index < -0.39 is 0 Å². The Morgan fingerprint density at radius 3 is 2.91 bits per heavy atom. The van der Waals surface area contributed by atoms with Gasteiger partial charge in [0.2, 0.25) is 0 Å². The van der Waals surface area contributed by atoms with E-state index in [-0.39, 0.29) is 5.97 Å². The smallest absolute Gasteiger partial charge is 0.333 e. The molecular formula is C8H13NO2. The minimum absolute atomic E-state index is 0.286. The van der Waals surface area contributed by atoms with Gasteiger partial charge in [0.25, 0.3) is 0 Å². The van der Waals surface area contributed by atoms with Crippen LogP contribution in [-0.4, -0.2) is 25.2 Å². The molecule has 0 aromatic carbocycles. The summed E-state index contributed by atoms with van der Waals surface area (Å²) in [4.78, 5) is 10.8. The Bertz CT molecular complexity index is 173. The minimum atomic E-state index is -0.286. The number of hydrogen-bond acceptors (Lipinski definition) is 3. The molecule has 1 unspecified atom stereocenters. The third-order valence-corrected chi connectivity index (χ3v) is 1.54. The highest BCUT2D eigenvalue weighted by Gasteiger charge is 2.19. The van der Waals surface area contributed by atoms with Crippen LogP contribution >= 0.6 is 0 Å². The van der Waals surface area contributed by atoms with E-state index in [2.05, 4.69) is 11.9 Å². The van der Waals surface area contributed by atoms with Crippen molar-refractivity contribution in [3.63, 3.8) is 0 Å². The molecule has 1 rings (SSSR count). The first kappa shape index (κ1) is 8.27. The Morgan fingerprint density at radius 1 is 1.82 bits per heavy atom. The first-order chi connectivity index (χ1) is 5.20. The lowest BCUT2D eigenvalue weighted by Gasteiger charge is -2.01. The Kier molecular flexibility index (Phi) is 2.65. The Hall–Kier alpha value is -0.830. The van der Waals surface area contributed by atoms with Gasteiger partial charge in [-0.15, -0.1) is 0 Å². The fourth-order valence-corrected chi connectivity index (χ4v) is 0.705. The van der Waals surface area contributed by atoms with Crippen molar-refractivity contribution in [2.24, 2.45) is 0 Å². The summed E-state index contributed by atoms with van der Waals surface area (Å²) >= 11 is 0. The quantitative estimate of drug-likeness (QED) is 0.364. The van der Waals surface area contributed by atoms with Gasteiger partial charge in [-0.3, -0.25) is 0 Å². The average Bonchev–Trinajstić information content (AvgIpc) is 2.71. The Labute approximate surface area is 66.4 Å². The monoisotopic (exact) mass is 155 g/mol. The second kappa shape index (κ2) is 3.53. The first-order valence-corrected chi connectivity index (χ1v) is 3.76. The van der Waals surface area contributed by atoms with Crippen molar-refractivity contribution in [2.45, 2.75) is 19.4 Å². The molecule has 0 aliphatic carbocycles. The normalized spacial score (nSPS) is 21.0. The van der Waals surface area contributed by atoms with Crippen molar-refractivity contribution in [3.05, 3.63) is 12.2 Å². The van der Waals surface area contributed by atoms with Crippen LogP contribution in [0.25, 0.3) is 0 Å². The van der Waals surface area contributed by atoms with E-state index in [1.54, 1.807) is 6.92 Å². The number of carbonyl (C=O) groups is 1. The zero-order valence-electron chi connectivity index (χ0n) is 6.72. The van der Waals surface area contributed by atoms with Gasteiger partial charge in [0.05, 0.1) is 6.61 Å². The van der Waals surface area contributed by atoms with Gasteiger partial charge in [-0.05, 0) is 13.3 Å². The van der Waals surface area contributed by atoms with Crippen LogP contribution in [0.2, 0.25) is 0 Å². The van der Waals surface area contributed by atoms with Gasteiger partial charge in [-0.2, -0.15) is 0 Å². The van der Waals surface area contributed by atoms with Crippen molar-refractivity contribution < 1.29 is 9.53 Å². The topological polar surface area (TPSA) is 48.2 Å². The molecule has 0 spiro atoms. The van der Waals surface area contributed by atoms with Crippen molar-refractivity contribution in [1.29, 1.82) is 0 Å². The molecule has 1 aliphatic heterocycles. The molecular weight excluding hydrogens is 142 g/mol. The first-order valence-electron chi connectivity index (χ1n) is 3.76. The van der Waals surface area contributed by atoms with Crippen molar-refractivity contribution in [2.75, 3.05) is 13.2 Å². The maximum Gasteiger partial charge on any atom is 0.333 e. The number of nitrogens with one attached hydrogen (secondary N) is 1.